The maximum absolute atomic E-state index is 12.8. The molecule has 1 N–H and O–H groups in total. The molecule has 27 heavy (non-hydrogen) atoms. The molecule has 0 spiro atoms. The first-order valence-corrected chi connectivity index (χ1v) is 8.30. The number of carbonyl (C=O) groups excluding carboxylic acids is 1. The Morgan fingerprint density at radius 1 is 1.04 bits per heavy atom. The molecule has 0 unspecified atom stereocenters. The van der Waals surface area contributed by atoms with Crippen LogP contribution in [-0.2, 0) is 4.79 Å². The number of hydrogen-bond acceptors (Lipinski definition) is 4. The third-order valence-corrected chi connectivity index (χ3v) is 3.58. The van der Waals surface area contributed by atoms with Gasteiger partial charge in [-0.1, -0.05) is 30.0 Å². The lowest BCUT2D eigenvalue weighted by Gasteiger charge is -2.06. The first kappa shape index (κ1) is 18.2. The molecule has 0 aliphatic rings. The van der Waals surface area contributed by atoms with E-state index in [0.717, 1.165) is 10.9 Å². The molecular weight excluding hydrogens is 347 g/mol. The summed E-state index contributed by atoms with van der Waals surface area (Å²) in [6, 6.07) is 15.0. The van der Waals surface area contributed by atoms with E-state index in [9.17, 15) is 9.18 Å². The Balaban J connectivity index is 1.39. The second kappa shape index (κ2) is 9.20. The van der Waals surface area contributed by atoms with Crippen LogP contribution in [0.25, 0.3) is 10.9 Å². The van der Waals surface area contributed by atoms with Crippen molar-refractivity contribution in [2.75, 3.05) is 19.8 Å². The maximum atomic E-state index is 12.8. The van der Waals surface area contributed by atoms with Crippen LogP contribution >= 0.6 is 0 Å². The monoisotopic (exact) mass is 364 g/mol. The number of benzene rings is 2. The van der Waals surface area contributed by atoms with Crippen LogP contribution in [-0.4, -0.2) is 30.6 Å². The largest absolute Gasteiger partial charge is 0.484 e. The van der Waals surface area contributed by atoms with E-state index in [1.807, 2.05) is 30.3 Å². The van der Waals surface area contributed by atoms with Crippen LogP contribution in [0.15, 0.2) is 60.8 Å². The molecule has 0 radical (unpaired) electrons. The molecule has 0 aliphatic carbocycles. The molecular formula is C21H17FN2O3. The molecule has 5 nitrogen and oxygen atoms in total. The molecule has 1 aromatic heterocycles. The molecule has 0 atom stereocenters. The topological polar surface area (TPSA) is 60.5 Å². The van der Waals surface area contributed by atoms with Gasteiger partial charge < -0.3 is 14.8 Å². The average Bonchev–Trinajstić information content (AvgIpc) is 2.70. The normalized spacial score (nSPS) is 9.96. The molecule has 0 bridgehead atoms. The van der Waals surface area contributed by atoms with Crippen LogP contribution in [0.1, 0.15) is 0 Å². The standard InChI is InChI=1S/C21H17FN2O3/c22-17-8-10-18(11-9-17)27-15-20(25)23-12-1-2-14-26-19-7-3-5-16-6-4-13-24-21(16)19/h3-11,13H,12,14-15H2,(H,23,25). The highest BCUT2D eigenvalue weighted by molar-refractivity contribution is 5.84. The molecule has 1 heterocycles. The van der Waals surface area contributed by atoms with Crippen molar-refractivity contribution in [3.8, 4) is 23.3 Å². The van der Waals surface area contributed by atoms with Crippen molar-refractivity contribution >= 4 is 16.8 Å². The third kappa shape index (κ3) is 5.44. The molecule has 0 fully saturated rings. The minimum absolute atomic E-state index is 0.161. The summed E-state index contributed by atoms with van der Waals surface area (Å²) in [6.07, 6.45) is 1.71. The zero-order chi connectivity index (χ0) is 18.9. The number of rotatable bonds is 6. The number of nitrogens with one attached hydrogen (secondary N) is 1. The van der Waals surface area contributed by atoms with Gasteiger partial charge in [0.05, 0.1) is 6.54 Å². The SMILES string of the molecule is O=C(COc1ccc(F)cc1)NCC#CCOc1cccc2cccnc12. The minimum atomic E-state index is -0.358. The lowest BCUT2D eigenvalue weighted by molar-refractivity contribution is -0.122. The fourth-order valence-electron chi connectivity index (χ4n) is 2.29. The second-order valence-corrected chi connectivity index (χ2v) is 5.49. The number of para-hydroxylation sites is 1. The van der Waals surface area contributed by atoms with Crippen molar-refractivity contribution in [2.45, 2.75) is 0 Å². The highest BCUT2D eigenvalue weighted by atomic mass is 19.1. The van der Waals surface area contributed by atoms with Gasteiger partial charge in [-0.2, -0.15) is 0 Å². The molecule has 3 aromatic rings. The number of hydrogen-bond donors (Lipinski definition) is 1. The van der Waals surface area contributed by atoms with Crippen LogP contribution in [0.5, 0.6) is 11.5 Å². The Morgan fingerprint density at radius 2 is 1.85 bits per heavy atom. The lowest BCUT2D eigenvalue weighted by atomic mass is 10.2. The lowest BCUT2D eigenvalue weighted by Crippen LogP contribution is -2.29. The second-order valence-electron chi connectivity index (χ2n) is 5.49. The van der Waals surface area contributed by atoms with Gasteiger partial charge in [0.1, 0.15) is 29.4 Å². The fraction of sp³-hybridized carbons (Fsp3) is 0.143. The van der Waals surface area contributed by atoms with Crippen molar-refractivity contribution in [1.82, 2.24) is 10.3 Å². The number of halogens is 1. The zero-order valence-electron chi connectivity index (χ0n) is 14.4. The molecule has 6 heteroatoms. The van der Waals surface area contributed by atoms with Crippen molar-refractivity contribution in [3.05, 3.63) is 66.6 Å². The fourth-order valence-corrected chi connectivity index (χ4v) is 2.29. The first-order chi connectivity index (χ1) is 13.2. The van der Waals surface area contributed by atoms with Gasteiger partial charge >= 0.3 is 0 Å². The number of aromatic nitrogens is 1. The third-order valence-electron chi connectivity index (χ3n) is 3.58. The van der Waals surface area contributed by atoms with Crippen molar-refractivity contribution in [3.63, 3.8) is 0 Å². The number of carbonyl (C=O) groups is 1. The van der Waals surface area contributed by atoms with Crippen LogP contribution < -0.4 is 14.8 Å². The summed E-state index contributed by atoms with van der Waals surface area (Å²) in [5.74, 6) is 6.07. The van der Waals surface area contributed by atoms with Gasteiger partial charge in [-0.3, -0.25) is 9.78 Å². The van der Waals surface area contributed by atoms with E-state index in [2.05, 4.69) is 22.1 Å². The first-order valence-electron chi connectivity index (χ1n) is 8.30. The van der Waals surface area contributed by atoms with Crippen LogP contribution in [0.2, 0.25) is 0 Å². The molecule has 1 amide bonds. The number of amides is 1. The van der Waals surface area contributed by atoms with Crippen molar-refractivity contribution in [2.24, 2.45) is 0 Å². The Labute approximate surface area is 156 Å². The van der Waals surface area contributed by atoms with Crippen LogP contribution in [0.4, 0.5) is 4.39 Å². The number of pyridine rings is 1. The average molecular weight is 364 g/mol. The summed E-state index contributed by atoms with van der Waals surface area (Å²) in [4.78, 5) is 16.0. The molecule has 0 saturated heterocycles. The summed E-state index contributed by atoms with van der Waals surface area (Å²) in [7, 11) is 0. The predicted molar refractivity (Wildman–Crippen MR) is 99.9 cm³/mol. The van der Waals surface area contributed by atoms with Crippen LogP contribution in [0.3, 0.4) is 0 Å². The van der Waals surface area contributed by atoms with Crippen molar-refractivity contribution in [1.29, 1.82) is 0 Å². The van der Waals surface area contributed by atoms with E-state index in [4.69, 9.17) is 9.47 Å². The van der Waals surface area contributed by atoms with Crippen LogP contribution in [0, 0.1) is 17.7 Å². The summed E-state index contributed by atoms with van der Waals surface area (Å²) in [5, 5.41) is 3.61. The number of fused-ring (bicyclic) bond motifs is 1. The van der Waals surface area contributed by atoms with E-state index >= 15 is 0 Å². The summed E-state index contributed by atoms with van der Waals surface area (Å²) >= 11 is 0. The van der Waals surface area contributed by atoms with E-state index in [-0.39, 0.29) is 31.5 Å². The molecule has 136 valence electrons. The van der Waals surface area contributed by atoms with Gasteiger partial charge in [0.15, 0.2) is 6.61 Å². The molecule has 0 saturated carbocycles. The van der Waals surface area contributed by atoms with Gasteiger partial charge in [-0.25, -0.2) is 4.39 Å². The van der Waals surface area contributed by atoms with Gasteiger partial charge in [-0.15, -0.1) is 0 Å². The Morgan fingerprint density at radius 3 is 2.70 bits per heavy atom. The smallest absolute Gasteiger partial charge is 0.258 e. The molecule has 2 aromatic carbocycles. The highest BCUT2D eigenvalue weighted by Gasteiger charge is 2.02. The molecule has 0 aliphatic heterocycles. The van der Waals surface area contributed by atoms with E-state index in [1.165, 1.54) is 24.3 Å². The van der Waals surface area contributed by atoms with Gasteiger partial charge in [0.2, 0.25) is 0 Å². The summed E-state index contributed by atoms with van der Waals surface area (Å²) in [5.41, 5.74) is 0.785. The van der Waals surface area contributed by atoms with Gasteiger partial charge in [0.25, 0.3) is 5.91 Å². The Kier molecular flexibility index (Phi) is 6.21. The number of nitrogens with zero attached hydrogens (tertiary/aromatic N) is 1. The van der Waals surface area contributed by atoms with Gasteiger partial charge in [-0.05, 0) is 36.4 Å². The highest BCUT2D eigenvalue weighted by Crippen LogP contribution is 2.22. The Bertz CT molecular complexity index is 973. The maximum Gasteiger partial charge on any atom is 0.258 e. The van der Waals surface area contributed by atoms with Gasteiger partial charge in [0, 0.05) is 11.6 Å². The van der Waals surface area contributed by atoms with E-state index in [1.54, 1.807) is 6.20 Å². The quantitative estimate of drug-likeness (QED) is 0.683. The van der Waals surface area contributed by atoms with E-state index < -0.39 is 0 Å². The number of ether oxygens (including phenoxy) is 2. The van der Waals surface area contributed by atoms with Crippen molar-refractivity contribution < 1.29 is 18.7 Å². The predicted octanol–water partition coefficient (Wildman–Crippen LogP) is 2.95. The molecule has 3 rings (SSSR count). The minimum Gasteiger partial charge on any atom is -0.484 e. The Hall–Kier alpha value is -3.59. The zero-order valence-corrected chi connectivity index (χ0v) is 14.4. The summed E-state index contributed by atoms with van der Waals surface area (Å²) in [6.45, 7) is 0.214. The summed E-state index contributed by atoms with van der Waals surface area (Å²) < 4.78 is 23.7. The van der Waals surface area contributed by atoms with E-state index in [0.29, 0.717) is 11.5 Å².